The lowest BCUT2D eigenvalue weighted by Gasteiger charge is -2.29. The summed E-state index contributed by atoms with van der Waals surface area (Å²) in [4.78, 5) is 26.3. The van der Waals surface area contributed by atoms with E-state index in [4.69, 9.17) is 21.8 Å². The fraction of sp³-hybridized carbons (Fsp3) is 0.429. The molecule has 21 heavy (non-hydrogen) atoms. The second-order valence-electron chi connectivity index (χ2n) is 4.89. The first kappa shape index (κ1) is 15.6. The van der Waals surface area contributed by atoms with E-state index >= 15 is 0 Å². The van der Waals surface area contributed by atoms with Gasteiger partial charge in [0.2, 0.25) is 0 Å². The Morgan fingerprint density at radius 2 is 1.86 bits per heavy atom. The molecule has 0 spiro atoms. The Balaban J connectivity index is 2.23. The normalized spacial score (nSPS) is 13.8. The van der Waals surface area contributed by atoms with Crippen LogP contribution in [0.1, 0.15) is 12.8 Å². The van der Waals surface area contributed by atoms with Gasteiger partial charge in [0, 0.05) is 23.3 Å². The molecule has 1 aromatic rings. The van der Waals surface area contributed by atoms with Crippen LogP contribution in [0.3, 0.4) is 0 Å². The molecule has 0 aliphatic heterocycles. The molecule has 1 saturated carbocycles. The molecular formula is C14H17ClN2O4. The molecule has 0 atom stereocenters. The number of carboxylic acids is 1. The molecule has 0 radical (unpaired) electrons. The minimum atomic E-state index is -1.10. The quantitative estimate of drug-likeness (QED) is 0.839. The number of aliphatic hydroxyl groups excluding tert-OH is 1. The van der Waals surface area contributed by atoms with Crippen molar-refractivity contribution in [3.63, 3.8) is 0 Å². The highest BCUT2D eigenvalue weighted by molar-refractivity contribution is 6.30. The number of halogens is 1. The molecule has 6 nitrogen and oxygen atoms in total. The van der Waals surface area contributed by atoms with Crippen LogP contribution in [0.2, 0.25) is 5.02 Å². The van der Waals surface area contributed by atoms with Gasteiger partial charge in [-0.05, 0) is 37.1 Å². The van der Waals surface area contributed by atoms with Gasteiger partial charge in [-0.3, -0.25) is 9.69 Å². The summed E-state index contributed by atoms with van der Waals surface area (Å²) in [7, 11) is 0. The molecule has 114 valence electrons. The minimum Gasteiger partial charge on any atom is -0.480 e. The Morgan fingerprint density at radius 1 is 1.24 bits per heavy atom. The second kappa shape index (κ2) is 6.78. The summed E-state index contributed by atoms with van der Waals surface area (Å²) in [6.45, 7) is -0.383. The molecule has 1 aromatic carbocycles. The number of anilines is 1. The van der Waals surface area contributed by atoms with Gasteiger partial charge < -0.3 is 15.1 Å². The van der Waals surface area contributed by atoms with E-state index in [0.29, 0.717) is 10.7 Å². The molecule has 1 aliphatic carbocycles. The fourth-order valence-corrected chi connectivity index (χ4v) is 2.24. The highest BCUT2D eigenvalue weighted by atomic mass is 35.5. The zero-order valence-electron chi connectivity index (χ0n) is 11.4. The fourth-order valence-electron chi connectivity index (χ4n) is 2.11. The van der Waals surface area contributed by atoms with E-state index < -0.39 is 18.5 Å². The maximum absolute atomic E-state index is 12.6. The molecule has 0 bridgehead atoms. The van der Waals surface area contributed by atoms with Crippen LogP contribution in [0.5, 0.6) is 0 Å². The van der Waals surface area contributed by atoms with Crippen molar-refractivity contribution in [3.05, 3.63) is 29.3 Å². The van der Waals surface area contributed by atoms with Gasteiger partial charge in [0.1, 0.15) is 6.54 Å². The monoisotopic (exact) mass is 312 g/mol. The zero-order valence-corrected chi connectivity index (χ0v) is 12.2. The molecule has 0 heterocycles. The van der Waals surface area contributed by atoms with Crippen molar-refractivity contribution in [1.29, 1.82) is 0 Å². The van der Waals surface area contributed by atoms with Crippen LogP contribution in [0.4, 0.5) is 10.5 Å². The predicted octanol–water partition coefficient (Wildman–Crippen LogP) is 1.81. The summed E-state index contributed by atoms with van der Waals surface area (Å²) >= 11 is 5.81. The number of nitrogens with zero attached hydrogens (tertiary/aromatic N) is 2. The van der Waals surface area contributed by atoms with Gasteiger partial charge >= 0.3 is 12.0 Å². The molecule has 1 aliphatic rings. The summed E-state index contributed by atoms with van der Waals surface area (Å²) in [6, 6.07) is 6.10. The van der Waals surface area contributed by atoms with E-state index in [9.17, 15) is 9.59 Å². The maximum Gasteiger partial charge on any atom is 0.325 e. The number of hydrogen-bond donors (Lipinski definition) is 2. The SMILES string of the molecule is O=C(O)CN(C(=O)N(CCO)C1CC1)c1ccc(Cl)cc1. The van der Waals surface area contributed by atoms with Crippen molar-refractivity contribution in [1.82, 2.24) is 4.90 Å². The van der Waals surface area contributed by atoms with Crippen molar-refractivity contribution in [2.45, 2.75) is 18.9 Å². The standard InChI is InChI=1S/C14H17ClN2O4/c15-10-1-3-12(4-2-10)17(9-13(19)20)14(21)16(7-8-18)11-5-6-11/h1-4,11,18H,5-9H2,(H,19,20). The summed E-state index contributed by atoms with van der Waals surface area (Å²) in [6.07, 6.45) is 1.76. The topological polar surface area (TPSA) is 81.1 Å². The number of urea groups is 1. The molecule has 0 saturated heterocycles. The van der Waals surface area contributed by atoms with Crippen LogP contribution in [-0.4, -0.2) is 52.9 Å². The van der Waals surface area contributed by atoms with E-state index in [0.717, 1.165) is 12.8 Å². The number of carbonyl (C=O) groups is 2. The Labute approximate surface area is 127 Å². The van der Waals surface area contributed by atoms with Gasteiger partial charge in [-0.25, -0.2) is 4.79 Å². The molecule has 0 aromatic heterocycles. The van der Waals surface area contributed by atoms with Crippen LogP contribution >= 0.6 is 11.6 Å². The minimum absolute atomic E-state index is 0.0910. The van der Waals surface area contributed by atoms with Gasteiger partial charge in [0.25, 0.3) is 0 Å². The third-order valence-corrected chi connectivity index (χ3v) is 3.49. The highest BCUT2D eigenvalue weighted by Gasteiger charge is 2.35. The number of carboxylic acid groups (broad SMARTS) is 1. The van der Waals surface area contributed by atoms with Crippen molar-refractivity contribution in [3.8, 4) is 0 Å². The lowest BCUT2D eigenvalue weighted by atomic mass is 10.3. The summed E-state index contributed by atoms with van der Waals surface area (Å²) in [5.41, 5.74) is 0.468. The van der Waals surface area contributed by atoms with Crippen molar-refractivity contribution >= 4 is 29.3 Å². The highest BCUT2D eigenvalue weighted by Crippen LogP contribution is 2.29. The van der Waals surface area contributed by atoms with Crippen LogP contribution in [0.15, 0.2) is 24.3 Å². The Kier molecular flexibility index (Phi) is 5.03. The lowest BCUT2D eigenvalue weighted by Crippen LogP contribution is -2.47. The van der Waals surface area contributed by atoms with Gasteiger partial charge in [0.15, 0.2) is 0 Å². The number of hydrogen-bond acceptors (Lipinski definition) is 3. The molecule has 7 heteroatoms. The number of benzene rings is 1. The first-order valence-electron chi connectivity index (χ1n) is 6.69. The smallest absolute Gasteiger partial charge is 0.325 e. The average Bonchev–Trinajstić information content (AvgIpc) is 3.27. The number of aliphatic carboxylic acids is 1. The molecule has 2 rings (SSSR count). The molecule has 1 fully saturated rings. The van der Waals surface area contributed by atoms with Gasteiger partial charge in [0.05, 0.1) is 6.61 Å². The van der Waals surface area contributed by atoms with E-state index in [-0.39, 0.29) is 19.2 Å². The van der Waals surface area contributed by atoms with Crippen molar-refractivity contribution in [2.75, 3.05) is 24.6 Å². The second-order valence-corrected chi connectivity index (χ2v) is 5.32. The third kappa shape index (κ3) is 4.09. The predicted molar refractivity (Wildman–Crippen MR) is 78.6 cm³/mol. The van der Waals surface area contributed by atoms with Gasteiger partial charge in [-0.1, -0.05) is 11.6 Å². The van der Waals surface area contributed by atoms with E-state index in [2.05, 4.69) is 0 Å². The molecule has 2 N–H and O–H groups in total. The molecular weight excluding hydrogens is 296 g/mol. The van der Waals surface area contributed by atoms with E-state index in [1.807, 2.05) is 0 Å². The first-order chi connectivity index (χ1) is 10.0. The Morgan fingerprint density at radius 3 is 2.33 bits per heavy atom. The van der Waals surface area contributed by atoms with E-state index in [1.165, 1.54) is 9.80 Å². The molecule has 2 amide bonds. The van der Waals surface area contributed by atoms with Crippen LogP contribution in [0.25, 0.3) is 0 Å². The van der Waals surface area contributed by atoms with E-state index in [1.54, 1.807) is 24.3 Å². The summed E-state index contributed by atoms with van der Waals surface area (Å²) in [5, 5.41) is 18.6. The van der Waals surface area contributed by atoms with Gasteiger partial charge in [-0.15, -0.1) is 0 Å². The maximum atomic E-state index is 12.6. The number of carbonyl (C=O) groups excluding carboxylic acids is 1. The zero-order chi connectivity index (χ0) is 15.4. The van der Waals surface area contributed by atoms with Crippen molar-refractivity contribution in [2.24, 2.45) is 0 Å². The average molecular weight is 313 g/mol. The number of amides is 2. The van der Waals surface area contributed by atoms with Crippen molar-refractivity contribution < 1.29 is 19.8 Å². The third-order valence-electron chi connectivity index (χ3n) is 3.24. The summed E-state index contributed by atoms with van der Waals surface area (Å²) in [5.74, 6) is -1.10. The number of aliphatic hydroxyl groups is 1. The largest absolute Gasteiger partial charge is 0.480 e. The first-order valence-corrected chi connectivity index (χ1v) is 7.07. The number of rotatable bonds is 6. The van der Waals surface area contributed by atoms with Gasteiger partial charge in [-0.2, -0.15) is 0 Å². The Hall–Kier alpha value is -1.79. The van der Waals surface area contributed by atoms with Crippen LogP contribution in [0, 0.1) is 0 Å². The van der Waals surface area contributed by atoms with Crippen LogP contribution in [-0.2, 0) is 4.79 Å². The molecule has 0 unspecified atom stereocenters. The lowest BCUT2D eigenvalue weighted by molar-refractivity contribution is -0.135. The Bertz CT molecular complexity index is 516. The van der Waals surface area contributed by atoms with Crippen LogP contribution < -0.4 is 4.90 Å². The summed E-state index contributed by atoms with van der Waals surface area (Å²) < 4.78 is 0.